The highest BCUT2D eigenvalue weighted by Crippen LogP contribution is 2.24. The second kappa shape index (κ2) is 5.47. The van der Waals surface area contributed by atoms with Gasteiger partial charge in [-0.25, -0.2) is 0 Å². The van der Waals surface area contributed by atoms with Crippen LogP contribution >= 0.6 is 22.9 Å². The lowest BCUT2D eigenvalue weighted by Gasteiger charge is -2.37. The summed E-state index contributed by atoms with van der Waals surface area (Å²) >= 11 is 7.52. The van der Waals surface area contributed by atoms with Crippen LogP contribution in [0.15, 0.2) is 12.1 Å². The largest absolute Gasteiger partial charge is 0.394 e. The van der Waals surface area contributed by atoms with Gasteiger partial charge >= 0.3 is 0 Å². The van der Waals surface area contributed by atoms with E-state index in [1.165, 1.54) is 4.88 Å². The number of rotatable bonds is 3. The van der Waals surface area contributed by atoms with Crippen molar-refractivity contribution >= 4 is 22.9 Å². The molecular formula is C11H16ClNO2S. The van der Waals surface area contributed by atoms with Crippen LogP contribution in [-0.4, -0.2) is 41.9 Å². The molecular weight excluding hydrogens is 246 g/mol. The van der Waals surface area contributed by atoms with Gasteiger partial charge in [-0.15, -0.1) is 11.3 Å². The van der Waals surface area contributed by atoms with Gasteiger partial charge in [-0.05, 0) is 19.1 Å². The quantitative estimate of drug-likeness (QED) is 0.903. The fraction of sp³-hybridized carbons (Fsp3) is 0.636. The molecule has 2 rings (SSSR count). The summed E-state index contributed by atoms with van der Waals surface area (Å²) < 4.78 is 6.33. The fourth-order valence-electron chi connectivity index (χ4n) is 1.84. The molecule has 0 aromatic carbocycles. The first-order chi connectivity index (χ1) is 7.69. The first kappa shape index (κ1) is 12.3. The van der Waals surface area contributed by atoms with Crippen LogP contribution < -0.4 is 0 Å². The van der Waals surface area contributed by atoms with E-state index >= 15 is 0 Å². The van der Waals surface area contributed by atoms with Crippen LogP contribution in [0, 0.1) is 0 Å². The number of morpholine rings is 1. The van der Waals surface area contributed by atoms with E-state index in [1.807, 2.05) is 6.07 Å². The molecule has 1 saturated heterocycles. The van der Waals surface area contributed by atoms with Crippen molar-refractivity contribution in [3.8, 4) is 0 Å². The molecule has 1 aliphatic heterocycles. The highest BCUT2D eigenvalue weighted by Gasteiger charge is 2.25. The monoisotopic (exact) mass is 261 g/mol. The molecule has 1 fully saturated rings. The summed E-state index contributed by atoms with van der Waals surface area (Å²) in [5.74, 6) is 0. The van der Waals surface area contributed by atoms with Gasteiger partial charge in [0, 0.05) is 24.0 Å². The normalized spacial score (nSPS) is 27.2. The van der Waals surface area contributed by atoms with Crippen LogP contribution in [0.1, 0.15) is 11.8 Å². The van der Waals surface area contributed by atoms with Crippen molar-refractivity contribution in [1.82, 2.24) is 4.90 Å². The van der Waals surface area contributed by atoms with Crippen LogP contribution in [0.2, 0.25) is 4.34 Å². The molecule has 0 amide bonds. The molecule has 1 N–H and O–H groups in total. The third-order valence-electron chi connectivity index (χ3n) is 2.83. The molecule has 1 aromatic heterocycles. The van der Waals surface area contributed by atoms with E-state index in [1.54, 1.807) is 11.3 Å². The summed E-state index contributed by atoms with van der Waals surface area (Å²) in [6.07, 6.45) is -0.0494. The Kier molecular flexibility index (Phi) is 4.21. The summed E-state index contributed by atoms with van der Waals surface area (Å²) in [6, 6.07) is 4.38. The van der Waals surface area contributed by atoms with Gasteiger partial charge in [-0.2, -0.15) is 0 Å². The molecule has 5 heteroatoms. The Morgan fingerprint density at radius 3 is 3.06 bits per heavy atom. The highest BCUT2D eigenvalue weighted by molar-refractivity contribution is 7.16. The van der Waals surface area contributed by atoms with Crippen LogP contribution in [0.3, 0.4) is 0 Å². The summed E-state index contributed by atoms with van der Waals surface area (Å²) in [5.41, 5.74) is 0. The smallest absolute Gasteiger partial charge is 0.0933 e. The van der Waals surface area contributed by atoms with Gasteiger partial charge in [0.05, 0.1) is 23.7 Å². The second-order valence-electron chi connectivity index (χ2n) is 4.12. The Balaban J connectivity index is 1.96. The minimum atomic E-state index is -0.0494. The third-order valence-corrected chi connectivity index (χ3v) is 4.04. The SMILES string of the molecule is CC1COC(CO)CN1Cc1ccc(Cl)s1. The minimum absolute atomic E-state index is 0.0494. The lowest BCUT2D eigenvalue weighted by molar-refractivity contribution is -0.0802. The third kappa shape index (κ3) is 2.96. The number of hydrogen-bond donors (Lipinski definition) is 1. The Labute approximate surface area is 105 Å². The van der Waals surface area contributed by atoms with Gasteiger partial charge < -0.3 is 9.84 Å². The Hall–Kier alpha value is -0.130. The Morgan fingerprint density at radius 2 is 2.44 bits per heavy atom. The zero-order valence-electron chi connectivity index (χ0n) is 9.23. The van der Waals surface area contributed by atoms with Gasteiger partial charge in [-0.1, -0.05) is 11.6 Å². The van der Waals surface area contributed by atoms with E-state index in [0.717, 1.165) is 17.4 Å². The molecule has 1 aromatic rings. The average Bonchev–Trinajstić information content (AvgIpc) is 2.67. The number of thiophene rings is 1. The van der Waals surface area contributed by atoms with Crippen LogP contribution in [0.4, 0.5) is 0 Å². The highest BCUT2D eigenvalue weighted by atomic mass is 35.5. The van der Waals surface area contributed by atoms with E-state index in [9.17, 15) is 0 Å². The van der Waals surface area contributed by atoms with Crippen molar-refractivity contribution in [3.05, 3.63) is 21.3 Å². The van der Waals surface area contributed by atoms with Gasteiger partial charge in [0.2, 0.25) is 0 Å². The molecule has 0 spiro atoms. The van der Waals surface area contributed by atoms with Gasteiger partial charge in [0.25, 0.3) is 0 Å². The van der Waals surface area contributed by atoms with E-state index in [-0.39, 0.29) is 12.7 Å². The molecule has 2 atom stereocenters. The Morgan fingerprint density at radius 1 is 1.62 bits per heavy atom. The fourth-order valence-corrected chi connectivity index (χ4v) is 2.96. The van der Waals surface area contributed by atoms with E-state index in [4.69, 9.17) is 21.4 Å². The molecule has 90 valence electrons. The lowest BCUT2D eigenvalue weighted by atomic mass is 10.2. The predicted octanol–water partition coefficient (Wildman–Crippen LogP) is 1.98. The molecule has 0 bridgehead atoms. The molecule has 0 saturated carbocycles. The predicted molar refractivity (Wildman–Crippen MR) is 66.0 cm³/mol. The van der Waals surface area contributed by atoms with Crippen LogP contribution in [0.25, 0.3) is 0 Å². The number of aliphatic hydroxyl groups excluding tert-OH is 1. The molecule has 0 aliphatic carbocycles. The molecule has 16 heavy (non-hydrogen) atoms. The number of nitrogens with zero attached hydrogens (tertiary/aromatic N) is 1. The standard InChI is InChI=1S/C11H16ClNO2S/c1-8-7-15-9(6-14)4-13(8)5-10-2-3-11(12)16-10/h2-3,8-9,14H,4-7H2,1H3. The minimum Gasteiger partial charge on any atom is -0.394 e. The van der Waals surface area contributed by atoms with E-state index in [2.05, 4.69) is 17.9 Å². The van der Waals surface area contributed by atoms with E-state index < -0.39 is 0 Å². The van der Waals surface area contributed by atoms with Gasteiger partial charge in [-0.3, -0.25) is 4.90 Å². The summed E-state index contributed by atoms with van der Waals surface area (Å²) in [6.45, 7) is 4.59. The van der Waals surface area contributed by atoms with E-state index in [0.29, 0.717) is 12.6 Å². The molecule has 2 unspecified atom stereocenters. The first-order valence-electron chi connectivity index (χ1n) is 5.39. The maximum Gasteiger partial charge on any atom is 0.0933 e. The maximum absolute atomic E-state index is 9.10. The molecule has 0 radical (unpaired) electrons. The second-order valence-corrected chi connectivity index (χ2v) is 5.92. The number of hydrogen-bond acceptors (Lipinski definition) is 4. The topological polar surface area (TPSA) is 32.7 Å². The zero-order valence-corrected chi connectivity index (χ0v) is 10.8. The zero-order chi connectivity index (χ0) is 11.5. The molecule has 3 nitrogen and oxygen atoms in total. The summed E-state index contributed by atoms with van der Waals surface area (Å²) in [5, 5.41) is 9.10. The maximum atomic E-state index is 9.10. The van der Waals surface area contributed by atoms with Crippen LogP contribution in [-0.2, 0) is 11.3 Å². The summed E-state index contributed by atoms with van der Waals surface area (Å²) in [7, 11) is 0. The van der Waals surface area contributed by atoms with Crippen molar-refractivity contribution in [3.63, 3.8) is 0 Å². The lowest BCUT2D eigenvalue weighted by Crippen LogP contribution is -2.48. The van der Waals surface area contributed by atoms with Crippen molar-refractivity contribution in [2.45, 2.75) is 25.6 Å². The summed E-state index contributed by atoms with van der Waals surface area (Å²) in [4.78, 5) is 3.59. The first-order valence-corrected chi connectivity index (χ1v) is 6.59. The molecule has 1 aliphatic rings. The Bertz CT molecular complexity index is 344. The van der Waals surface area contributed by atoms with Crippen molar-refractivity contribution in [1.29, 1.82) is 0 Å². The van der Waals surface area contributed by atoms with Crippen LogP contribution in [0.5, 0.6) is 0 Å². The van der Waals surface area contributed by atoms with Gasteiger partial charge in [0.1, 0.15) is 0 Å². The van der Waals surface area contributed by atoms with Crippen molar-refractivity contribution in [2.75, 3.05) is 19.8 Å². The number of ether oxygens (including phenoxy) is 1. The molecule has 2 heterocycles. The van der Waals surface area contributed by atoms with Crippen molar-refractivity contribution < 1.29 is 9.84 Å². The van der Waals surface area contributed by atoms with Crippen molar-refractivity contribution in [2.24, 2.45) is 0 Å². The van der Waals surface area contributed by atoms with Gasteiger partial charge in [0.15, 0.2) is 0 Å². The number of aliphatic hydroxyl groups is 1. The average molecular weight is 262 g/mol. The number of halogens is 1.